The molecule has 6 nitrogen and oxygen atoms in total. The highest BCUT2D eigenvalue weighted by atomic mass is 32.2. The second kappa shape index (κ2) is 7.61. The Morgan fingerprint density at radius 2 is 1.84 bits per heavy atom. The van der Waals surface area contributed by atoms with Crippen LogP contribution in [0.25, 0.3) is 0 Å². The van der Waals surface area contributed by atoms with Crippen molar-refractivity contribution in [2.75, 3.05) is 12.8 Å². The molecule has 1 rings (SSSR count). The summed E-state index contributed by atoms with van der Waals surface area (Å²) in [7, 11) is -3.98. The summed E-state index contributed by atoms with van der Waals surface area (Å²) in [5.41, 5.74) is -1.78. The SMILES string of the molecule is CC(C)(C)OC(=O)NC[C@H](OS(C)(=O)=O)c1cccc(C(F)(F)F)c1. The van der Waals surface area contributed by atoms with E-state index in [0.717, 1.165) is 24.5 Å². The summed E-state index contributed by atoms with van der Waals surface area (Å²) in [5.74, 6) is 0. The lowest BCUT2D eigenvalue weighted by atomic mass is 10.1. The number of carbonyl (C=O) groups excluding carboxylic acids is 1. The van der Waals surface area contributed by atoms with Gasteiger partial charge in [-0.2, -0.15) is 21.6 Å². The number of halogens is 3. The minimum Gasteiger partial charge on any atom is -0.444 e. The number of amides is 1. The molecule has 25 heavy (non-hydrogen) atoms. The van der Waals surface area contributed by atoms with Crippen molar-refractivity contribution in [3.8, 4) is 0 Å². The first-order chi connectivity index (χ1) is 11.2. The van der Waals surface area contributed by atoms with Crippen LogP contribution in [-0.2, 0) is 25.2 Å². The van der Waals surface area contributed by atoms with E-state index < -0.39 is 39.7 Å². The Balaban J connectivity index is 3.00. The van der Waals surface area contributed by atoms with Crippen molar-refractivity contribution in [1.29, 1.82) is 0 Å². The lowest BCUT2D eigenvalue weighted by Crippen LogP contribution is -2.35. The molecule has 0 aliphatic heterocycles. The van der Waals surface area contributed by atoms with E-state index in [0.29, 0.717) is 0 Å². The number of benzene rings is 1. The molecule has 0 aliphatic rings. The fourth-order valence-corrected chi connectivity index (χ4v) is 2.43. The Bertz CT molecular complexity index is 711. The number of alkyl halides is 3. The van der Waals surface area contributed by atoms with Crippen molar-refractivity contribution in [3.05, 3.63) is 35.4 Å². The maximum Gasteiger partial charge on any atom is 0.416 e. The largest absolute Gasteiger partial charge is 0.444 e. The summed E-state index contributed by atoms with van der Waals surface area (Å²) in [6.07, 6.45) is -6.00. The maximum absolute atomic E-state index is 12.8. The fraction of sp³-hybridized carbons (Fsp3) is 0.533. The molecule has 0 bridgehead atoms. The van der Waals surface area contributed by atoms with E-state index in [2.05, 4.69) is 5.32 Å². The van der Waals surface area contributed by atoms with Gasteiger partial charge >= 0.3 is 12.3 Å². The van der Waals surface area contributed by atoms with Gasteiger partial charge in [0.2, 0.25) is 0 Å². The van der Waals surface area contributed by atoms with Gasteiger partial charge in [-0.05, 0) is 38.5 Å². The number of rotatable bonds is 5. The molecule has 0 spiro atoms. The van der Waals surface area contributed by atoms with Crippen LogP contribution >= 0.6 is 0 Å². The third-order valence-electron chi connectivity index (χ3n) is 2.71. The lowest BCUT2D eigenvalue weighted by Gasteiger charge is -2.22. The van der Waals surface area contributed by atoms with Crippen LogP contribution in [0, 0.1) is 0 Å². The van der Waals surface area contributed by atoms with E-state index in [9.17, 15) is 26.4 Å². The third-order valence-corrected chi connectivity index (χ3v) is 3.29. The maximum atomic E-state index is 12.8. The number of hydrogen-bond donors (Lipinski definition) is 1. The lowest BCUT2D eigenvalue weighted by molar-refractivity contribution is -0.137. The molecule has 1 aromatic rings. The fourth-order valence-electron chi connectivity index (χ4n) is 1.82. The molecule has 1 atom stereocenters. The zero-order valence-corrected chi connectivity index (χ0v) is 15.0. The standard InChI is InChI=1S/C15H20F3NO5S/c1-14(2,3)23-13(20)19-9-12(24-25(4,21)22)10-6-5-7-11(8-10)15(16,17)18/h5-8,12H,9H2,1-4H3,(H,19,20)/t12-/m0/s1. The van der Waals surface area contributed by atoms with Crippen LogP contribution in [0.4, 0.5) is 18.0 Å². The minimum atomic E-state index is -4.59. The number of hydrogen-bond acceptors (Lipinski definition) is 5. The predicted molar refractivity (Wildman–Crippen MR) is 84.4 cm³/mol. The Labute approximate surface area is 144 Å². The number of carbonyl (C=O) groups is 1. The van der Waals surface area contributed by atoms with Crippen LogP contribution in [0.1, 0.15) is 38.0 Å². The van der Waals surface area contributed by atoms with Crippen LogP contribution in [0.5, 0.6) is 0 Å². The Morgan fingerprint density at radius 1 is 1.24 bits per heavy atom. The molecule has 142 valence electrons. The first-order valence-corrected chi connectivity index (χ1v) is 9.01. The van der Waals surface area contributed by atoms with Crippen LogP contribution in [0.15, 0.2) is 24.3 Å². The quantitative estimate of drug-likeness (QED) is 0.790. The van der Waals surface area contributed by atoms with Gasteiger partial charge < -0.3 is 10.1 Å². The molecule has 0 radical (unpaired) electrons. The first kappa shape index (κ1) is 21.2. The molecule has 0 saturated carbocycles. The Hall–Kier alpha value is -1.81. The zero-order valence-electron chi connectivity index (χ0n) is 14.2. The average molecular weight is 383 g/mol. The summed E-state index contributed by atoms with van der Waals surface area (Å²) >= 11 is 0. The molecule has 1 aromatic carbocycles. The van der Waals surface area contributed by atoms with E-state index in [1.54, 1.807) is 20.8 Å². The summed E-state index contributed by atoms with van der Waals surface area (Å²) in [6.45, 7) is 4.50. The number of ether oxygens (including phenoxy) is 1. The average Bonchev–Trinajstić information content (AvgIpc) is 2.39. The molecule has 0 unspecified atom stereocenters. The summed E-state index contributed by atoms with van der Waals surface area (Å²) in [5, 5.41) is 2.29. The monoisotopic (exact) mass is 383 g/mol. The van der Waals surface area contributed by atoms with Gasteiger partial charge in [0.15, 0.2) is 0 Å². The molecule has 0 saturated heterocycles. The van der Waals surface area contributed by atoms with E-state index in [1.165, 1.54) is 6.07 Å². The van der Waals surface area contributed by atoms with Gasteiger partial charge in [-0.3, -0.25) is 4.18 Å². The van der Waals surface area contributed by atoms with E-state index in [1.807, 2.05) is 0 Å². The molecule has 0 aromatic heterocycles. The van der Waals surface area contributed by atoms with Gasteiger partial charge in [-0.1, -0.05) is 12.1 Å². The van der Waals surface area contributed by atoms with Crippen molar-refractivity contribution in [1.82, 2.24) is 5.32 Å². The van der Waals surface area contributed by atoms with Gasteiger partial charge in [0.25, 0.3) is 10.1 Å². The van der Waals surface area contributed by atoms with Crippen molar-refractivity contribution >= 4 is 16.2 Å². The third kappa shape index (κ3) is 8.21. The first-order valence-electron chi connectivity index (χ1n) is 7.20. The van der Waals surface area contributed by atoms with Gasteiger partial charge in [-0.25, -0.2) is 4.79 Å². The second-order valence-corrected chi connectivity index (χ2v) is 7.90. The highest BCUT2D eigenvalue weighted by molar-refractivity contribution is 7.86. The smallest absolute Gasteiger partial charge is 0.416 e. The predicted octanol–water partition coefficient (Wildman–Crippen LogP) is 3.25. The van der Waals surface area contributed by atoms with Crippen LogP contribution < -0.4 is 5.32 Å². The van der Waals surface area contributed by atoms with Crippen LogP contribution in [-0.4, -0.2) is 32.9 Å². The molecular weight excluding hydrogens is 363 g/mol. The molecule has 1 N–H and O–H groups in total. The highest BCUT2D eigenvalue weighted by Gasteiger charge is 2.31. The zero-order chi connectivity index (χ0) is 19.5. The summed E-state index contributed by atoms with van der Waals surface area (Å²) in [6, 6.07) is 4.03. The van der Waals surface area contributed by atoms with Crippen molar-refractivity contribution in [3.63, 3.8) is 0 Å². The van der Waals surface area contributed by atoms with E-state index >= 15 is 0 Å². The normalized spacial score (nSPS) is 14.0. The van der Waals surface area contributed by atoms with Crippen LogP contribution in [0.2, 0.25) is 0 Å². The molecular formula is C15H20F3NO5S. The van der Waals surface area contributed by atoms with Crippen molar-refractivity contribution in [2.45, 2.75) is 38.7 Å². The van der Waals surface area contributed by atoms with Gasteiger partial charge in [0.05, 0.1) is 18.4 Å². The number of alkyl carbamates (subject to hydrolysis) is 1. The highest BCUT2D eigenvalue weighted by Crippen LogP contribution is 2.31. The number of nitrogens with one attached hydrogen (secondary N) is 1. The summed E-state index contributed by atoms with van der Waals surface area (Å²) < 4.78 is 71.0. The van der Waals surface area contributed by atoms with Crippen LogP contribution in [0.3, 0.4) is 0 Å². The topological polar surface area (TPSA) is 81.7 Å². The van der Waals surface area contributed by atoms with Crippen molar-refractivity contribution < 1.29 is 35.3 Å². The van der Waals surface area contributed by atoms with Gasteiger partial charge in [0.1, 0.15) is 11.7 Å². The minimum absolute atomic E-state index is 0.0451. The summed E-state index contributed by atoms with van der Waals surface area (Å²) in [4.78, 5) is 11.7. The molecule has 1 amide bonds. The van der Waals surface area contributed by atoms with Gasteiger partial charge in [-0.15, -0.1) is 0 Å². The second-order valence-electron chi connectivity index (χ2n) is 6.30. The van der Waals surface area contributed by atoms with E-state index in [-0.39, 0.29) is 12.1 Å². The molecule has 10 heteroatoms. The van der Waals surface area contributed by atoms with E-state index in [4.69, 9.17) is 8.92 Å². The van der Waals surface area contributed by atoms with Gasteiger partial charge in [0, 0.05) is 0 Å². The molecule has 0 heterocycles. The Morgan fingerprint density at radius 3 is 2.32 bits per heavy atom. The van der Waals surface area contributed by atoms with Crippen molar-refractivity contribution in [2.24, 2.45) is 0 Å². The Kier molecular flexibility index (Phi) is 6.46. The molecule has 0 fully saturated rings. The molecule has 0 aliphatic carbocycles.